The van der Waals surface area contributed by atoms with E-state index >= 15 is 0 Å². The van der Waals surface area contributed by atoms with Crippen molar-refractivity contribution in [3.8, 4) is 5.75 Å². The van der Waals surface area contributed by atoms with E-state index in [1.165, 1.54) is 11.6 Å². The lowest BCUT2D eigenvalue weighted by Crippen LogP contribution is -2.09. The van der Waals surface area contributed by atoms with Crippen molar-refractivity contribution in [1.29, 1.82) is 0 Å². The summed E-state index contributed by atoms with van der Waals surface area (Å²) in [5, 5.41) is 0. The molecule has 0 atom stereocenters. The van der Waals surface area contributed by atoms with Gasteiger partial charge < -0.3 is 9.30 Å². The molecular weight excluding hydrogens is 327 g/mol. The van der Waals surface area contributed by atoms with Gasteiger partial charge in [0, 0.05) is 5.56 Å². The molecule has 0 bridgehead atoms. The summed E-state index contributed by atoms with van der Waals surface area (Å²) in [5.74, 6) is 1.35. The molecule has 4 heteroatoms. The van der Waals surface area contributed by atoms with Crippen molar-refractivity contribution in [3.05, 3.63) is 95.6 Å². The summed E-state index contributed by atoms with van der Waals surface area (Å²) >= 11 is 0. The number of nitrogens with zero attached hydrogens (tertiary/aromatic N) is 2. The first-order valence-electron chi connectivity index (χ1n) is 8.58. The number of ether oxygens (including phenoxy) is 1. The van der Waals surface area contributed by atoms with Gasteiger partial charge in [0.2, 0.25) is 0 Å². The molecule has 4 rings (SSSR count). The van der Waals surface area contributed by atoms with E-state index in [2.05, 4.69) is 4.98 Å². The zero-order chi connectivity index (χ0) is 17.9. The average Bonchev–Trinajstić information content (AvgIpc) is 3.01. The molecule has 0 unspecified atom stereocenters. The number of hydrogen-bond donors (Lipinski definition) is 0. The Morgan fingerprint density at radius 1 is 0.923 bits per heavy atom. The van der Waals surface area contributed by atoms with E-state index < -0.39 is 0 Å². The van der Waals surface area contributed by atoms with Crippen LogP contribution in [0, 0.1) is 12.7 Å². The first-order valence-corrected chi connectivity index (χ1v) is 8.58. The van der Waals surface area contributed by atoms with Crippen LogP contribution in [0.25, 0.3) is 11.0 Å². The van der Waals surface area contributed by atoms with E-state index in [0.717, 1.165) is 22.6 Å². The minimum atomic E-state index is -0.212. The number of rotatable bonds is 5. The molecule has 3 aromatic carbocycles. The summed E-state index contributed by atoms with van der Waals surface area (Å²) in [7, 11) is 0. The minimum Gasteiger partial charge on any atom is -0.486 e. The highest BCUT2D eigenvalue weighted by Gasteiger charge is 2.13. The first kappa shape index (κ1) is 16.3. The molecule has 130 valence electrons. The van der Waals surface area contributed by atoms with Gasteiger partial charge in [-0.25, -0.2) is 9.37 Å². The number of aryl methyl sites for hydroxylation is 1. The minimum absolute atomic E-state index is 0.212. The summed E-state index contributed by atoms with van der Waals surface area (Å²) in [6.45, 7) is 2.78. The van der Waals surface area contributed by atoms with E-state index in [9.17, 15) is 4.39 Å². The van der Waals surface area contributed by atoms with Crippen LogP contribution in [0.5, 0.6) is 5.75 Å². The third kappa shape index (κ3) is 3.31. The fourth-order valence-electron chi connectivity index (χ4n) is 2.99. The number of halogens is 1. The topological polar surface area (TPSA) is 27.1 Å². The average molecular weight is 346 g/mol. The van der Waals surface area contributed by atoms with Crippen molar-refractivity contribution < 1.29 is 9.13 Å². The zero-order valence-electron chi connectivity index (χ0n) is 14.5. The molecule has 0 radical (unpaired) electrons. The zero-order valence-corrected chi connectivity index (χ0v) is 14.5. The van der Waals surface area contributed by atoms with Crippen LogP contribution in [0.15, 0.2) is 72.8 Å². The number of imidazole rings is 1. The van der Waals surface area contributed by atoms with Crippen molar-refractivity contribution in [1.82, 2.24) is 9.55 Å². The van der Waals surface area contributed by atoms with Crippen molar-refractivity contribution in [2.24, 2.45) is 0 Å². The molecule has 0 aliphatic heterocycles. The molecule has 0 amide bonds. The van der Waals surface area contributed by atoms with Crippen LogP contribution in [0.4, 0.5) is 4.39 Å². The van der Waals surface area contributed by atoms with E-state index in [-0.39, 0.29) is 5.82 Å². The Balaban J connectivity index is 1.67. The largest absolute Gasteiger partial charge is 0.486 e. The Morgan fingerprint density at radius 3 is 2.46 bits per heavy atom. The molecule has 0 fully saturated rings. The molecule has 0 saturated carbocycles. The van der Waals surface area contributed by atoms with Crippen LogP contribution in [-0.4, -0.2) is 9.55 Å². The maximum absolute atomic E-state index is 14.1. The number of fused-ring (bicyclic) bond motifs is 1. The van der Waals surface area contributed by atoms with Crippen molar-refractivity contribution in [3.63, 3.8) is 0 Å². The number of aromatic nitrogens is 2. The van der Waals surface area contributed by atoms with Gasteiger partial charge in [-0.05, 0) is 37.3 Å². The molecule has 3 nitrogen and oxygen atoms in total. The SMILES string of the molecule is Cc1ccc(OCc2nc3ccccc3n2Cc2ccccc2F)cc1. The van der Waals surface area contributed by atoms with Gasteiger partial charge in [0.05, 0.1) is 17.6 Å². The number of hydrogen-bond acceptors (Lipinski definition) is 2. The lowest BCUT2D eigenvalue weighted by atomic mass is 10.2. The van der Waals surface area contributed by atoms with Crippen molar-refractivity contribution in [2.75, 3.05) is 0 Å². The third-order valence-corrected chi connectivity index (χ3v) is 4.41. The smallest absolute Gasteiger partial charge is 0.148 e. The van der Waals surface area contributed by atoms with E-state index in [1.54, 1.807) is 12.1 Å². The Hall–Kier alpha value is -3.14. The van der Waals surface area contributed by atoms with Gasteiger partial charge in [-0.3, -0.25) is 0 Å². The molecule has 0 N–H and O–H groups in total. The second-order valence-electron chi connectivity index (χ2n) is 6.30. The summed E-state index contributed by atoms with van der Waals surface area (Å²) in [4.78, 5) is 4.69. The van der Waals surface area contributed by atoms with Crippen molar-refractivity contribution >= 4 is 11.0 Å². The van der Waals surface area contributed by atoms with Gasteiger partial charge in [0.25, 0.3) is 0 Å². The predicted octanol–water partition coefficient (Wildman–Crippen LogP) is 5.11. The quantitative estimate of drug-likeness (QED) is 0.502. The first-order chi connectivity index (χ1) is 12.7. The van der Waals surface area contributed by atoms with Crippen LogP contribution in [-0.2, 0) is 13.2 Å². The van der Waals surface area contributed by atoms with Gasteiger partial charge in [0.15, 0.2) is 0 Å². The van der Waals surface area contributed by atoms with E-state index in [4.69, 9.17) is 4.74 Å². The molecule has 1 aromatic heterocycles. The Morgan fingerprint density at radius 2 is 1.65 bits per heavy atom. The van der Waals surface area contributed by atoms with Crippen LogP contribution in [0.1, 0.15) is 17.0 Å². The van der Waals surface area contributed by atoms with Gasteiger partial charge in [0.1, 0.15) is 24.0 Å². The van der Waals surface area contributed by atoms with Crippen LogP contribution < -0.4 is 4.74 Å². The highest BCUT2D eigenvalue weighted by atomic mass is 19.1. The van der Waals surface area contributed by atoms with Crippen LogP contribution in [0.2, 0.25) is 0 Å². The molecule has 0 spiro atoms. The number of benzene rings is 3. The summed E-state index contributed by atoms with van der Waals surface area (Å²) < 4.78 is 22.1. The van der Waals surface area contributed by atoms with Gasteiger partial charge in [-0.2, -0.15) is 0 Å². The maximum atomic E-state index is 14.1. The van der Waals surface area contributed by atoms with Crippen LogP contribution in [0.3, 0.4) is 0 Å². The molecular formula is C22H19FN2O. The fraction of sp³-hybridized carbons (Fsp3) is 0.136. The monoisotopic (exact) mass is 346 g/mol. The highest BCUT2D eigenvalue weighted by molar-refractivity contribution is 5.76. The molecule has 1 heterocycles. The van der Waals surface area contributed by atoms with Gasteiger partial charge in [-0.1, -0.05) is 48.0 Å². The Kier molecular flexibility index (Phi) is 4.40. The van der Waals surface area contributed by atoms with E-state index in [1.807, 2.05) is 66.1 Å². The van der Waals surface area contributed by atoms with E-state index in [0.29, 0.717) is 18.7 Å². The summed E-state index contributed by atoms with van der Waals surface area (Å²) in [6.07, 6.45) is 0. The highest BCUT2D eigenvalue weighted by Crippen LogP contribution is 2.21. The Labute approximate surface area is 151 Å². The second kappa shape index (κ2) is 7.00. The summed E-state index contributed by atoms with van der Waals surface area (Å²) in [6, 6.07) is 22.6. The normalized spacial score (nSPS) is 11.0. The predicted molar refractivity (Wildman–Crippen MR) is 101 cm³/mol. The van der Waals surface area contributed by atoms with Gasteiger partial charge >= 0.3 is 0 Å². The van der Waals surface area contributed by atoms with Gasteiger partial charge in [-0.15, -0.1) is 0 Å². The summed E-state index contributed by atoms with van der Waals surface area (Å²) in [5.41, 5.74) is 3.67. The molecule has 0 aliphatic rings. The van der Waals surface area contributed by atoms with Crippen molar-refractivity contribution in [2.45, 2.75) is 20.1 Å². The third-order valence-electron chi connectivity index (χ3n) is 4.41. The lowest BCUT2D eigenvalue weighted by molar-refractivity contribution is 0.291. The fourth-order valence-corrected chi connectivity index (χ4v) is 2.99. The number of para-hydroxylation sites is 2. The Bertz CT molecular complexity index is 1040. The molecule has 0 saturated heterocycles. The second-order valence-corrected chi connectivity index (χ2v) is 6.30. The molecule has 0 aliphatic carbocycles. The standard InChI is InChI=1S/C22H19FN2O/c1-16-10-12-18(13-11-16)26-15-22-24-20-8-4-5-9-21(20)25(22)14-17-6-2-3-7-19(17)23/h2-13H,14-15H2,1H3. The maximum Gasteiger partial charge on any atom is 0.148 e. The lowest BCUT2D eigenvalue weighted by Gasteiger charge is -2.11. The van der Waals surface area contributed by atoms with Crippen LogP contribution >= 0.6 is 0 Å². The molecule has 26 heavy (non-hydrogen) atoms. The molecule has 4 aromatic rings.